The molecule has 1 amide bonds. The lowest BCUT2D eigenvalue weighted by Gasteiger charge is -2.34. The largest absolute Gasteiger partial charge is 0.378 e. The minimum Gasteiger partial charge on any atom is -0.378 e. The molecule has 1 saturated carbocycles. The predicted molar refractivity (Wildman–Crippen MR) is 91.0 cm³/mol. The van der Waals surface area contributed by atoms with Gasteiger partial charge < -0.3 is 14.5 Å². The molecule has 6 nitrogen and oxygen atoms in total. The average molecular weight is 330 g/mol. The first-order chi connectivity index (χ1) is 11.7. The van der Waals surface area contributed by atoms with Crippen molar-refractivity contribution in [3.05, 3.63) is 18.1 Å². The van der Waals surface area contributed by atoms with Crippen LogP contribution in [0.15, 0.2) is 12.4 Å². The Labute approximate surface area is 143 Å². The van der Waals surface area contributed by atoms with Gasteiger partial charge in [0.2, 0.25) is 5.91 Å². The van der Waals surface area contributed by atoms with Gasteiger partial charge in [0.15, 0.2) is 0 Å². The molecule has 0 N–H and O–H groups in total. The SMILES string of the molecule is CC1(C(=O)N2CCCC(c3cc(N4CCOCC4)ncn3)C2)CC1. The monoisotopic (exact) mass is 330 g/mol. The Balaban J connectivity index is 1.47. The summed E-state index contributed by atoms with van der Waals surface area (Å²) in [5, 5.41) is 0. The summed E-state index contributed by atoms with van der Waals surface area (Å²) in [5.74, 6) is 1.66. The van der Waals surface area contributed by atoms with E-state index in [4.69, 9.17) is 4.74 Å². The molecule has 3 heterocycles. The number of hydrogen-bond donors (Lipinski definition) is 0. The molecular weight excluding hydrogens is 304 g/mol. The number of carbonyl (C=O) groups is 1. The molecule has 3 aliphatic rings. The number of ether oxygens (including phenoxy) is 1. The van der Waals surface area contributed by atoms with E-state index < -0.39 is 0 Å². The number of anilines is 1. The number of hydrogen-bond acceptors (Lipinski definition) is 5. The minimum atomic E-state index is -0.0769. The Morgan fingerprint density at radius 3 is 2.79 bits per heavy atom. The molecule has 2 aliphatic heterocycles. The van der Waals surface area contributed by atoms with E-state index >= 15 is 0 Å². The number of rotatable bonds is 3. The van der Waals surface area contributed by atoms with Crippen LogP contribution >= 0.6 is 0 Å². The van der Waals surface area contributed by atoms with E-state index in [1.54, 1.807) is 6.33 Å². The summed E-state index contributed by atoms with van der Waals surface area (Å²) in [6, 6.07) is 2.11. The summed E-state index contributed by atoms with van der Waals surface area (Å²) in [5.41, 5.74) is 0.997. The maximum atomic E-state index is 12.6. The highest BCUT2D eigenvalue weighted by atomic mass is 16.5. The molecule has 0 bridgehead atoms. The molecule has 1 aromatic heterocycles. The molecule has 1 atom stereocenters. The van der Waals surface area contributed by atoms with Gasteiger partial charge in [-0.05, 0) is 25.7 Å². The average Bonchev–Trinajstić information content (AvgIpc) is 3.41. The smallest absolute Gasteiger partial charge is 0.228 e. The highest BCUT2D eigenvalue weighted by Gasteiger charge is 2.47. The molecule has 2 saturated heterocycles. The molecule has 1 aromatic rings. The summed E-state index contributed by atoms with van der Waals surface area (Å²) in [6.45, 7) is 7.06. The second kappa shape index (κ2) is 6.31. The Morgan fingerprint density at radius 1 is 1.25 bits per heavy atom. The zero-order valence-corrected chi connectivity index (χ0v) is 14.4. The van der Waals surface area contributed by atoms with Crippen LogP contribution in [0, 0.1) is 5.41 Å². The lowest BCUT2D eigenvalue weighted by Crippen LogP contribution is -2.42. The van der Waals surface area contributed by atoms with Crippen LogP contribution in [0.2, 0.25) is 0 Å². The van der Waals surface area contributed by atoms with Crippen LogP contribution in [-0.2, 0) is 9.53 Å². The number of piperidine rings is 1. The molecule has 1 aliphatic carbocycles. The van der Waals surface area contributed by atoms with Gasteiger partial charge >= 0.3 is 0 Å². The van der Waals surface area contributed by atoms with Gasteiger partial charge in [-0.15, -0.1) is 0 Å². The molecule has 0 radical (unpaired) electrons. The second-order valence-corrected chi connectivity index (χ2v) is 7.55. The Morgan fingerprint density at radius 2 is 2.04 bits per heavy atom. The summed E-state index contributed by atoms with van der Waals surface area (Å²) >= 11 is 0. The first-order valence-corrected chi connectivity index (χ1v) is 9.10. The zero-order valence-electron chi connectivity index (χ0n) is 14.4. The topological polar surface area (TPSA) is 58.6 Å². The highest BCUT2D eigenvalue weighted by molar-refractivity contribution is 5.85. The van der Waals surface area contributed by atoms with E-state index in [9.17, 15) is 4.79 Å². The van der Waals surface area contributed by atoms with Gasteiger partial charge in [-0.2, -0.15) is 0 Å². The third-order valence-corrected chi connectivity index (χ3v) is 5.65. The lowest BCUT2D eigenvalue weighted by atomic mass is 9.93. The van der Waals surface area contributed by atoms with Gasteiger partial charge in [0.05, 0.1) is 18.9 Å². The van der Waals surface area contributed by atoms with Crippen molar-refractivity contribution in [1.82, 2.24) is 14.9 Å². The van der Waals surface area contributed by atoms with Crippen molar-refractivity contribution in [2.45, 2.75) is 38.5 Å². The quantitative estimate of drug-likeness (QED) is 0.846. The number of morpholine rings is 1. The Hall–Kier alpha value is -1.69. The van der Waals surface area contributed by atoms with Crippen molar-refractivity contribution in [1.29, 1.82) is 0 Å². The molecule has 24 heavy (non-hydrogen) atoms. The van der Waals surface area contributed by atoms with E-state index in [1.807, 2.05) is 0 Å². The van der Waals surface area contributed by atoms with Crippen molar-refractivity contribution in [2.24, 2.45) is 5.41 Å². The fourth-order valence-electron chi connectivity index (χ4n) is 3.74. The zero-order chi connectivity index (χ0) is 16.6. The molecule has 130 valence electrons. The van der Waals surface area contributed by atoms with Gasteiger partial charge in [-0.25, -0.2) is 9.97 Å². The van der Waals surface area contributed by atoms with Crippen LogP contribution in [0.5, 0.6) is 0 Å². The van der Waals surface area contributed by atoms with E-state index in [2.05, 4.69) is 32.8 Å². The van der Waals surface area contributed by atoms with E-state index in [0.29, 0.717) is 11.8 Å². The van der Waals surface area contributed by atoms with Gasteiger partial charge in [0.25, 0.3) is 0 Å². The molecule has 0 spiro atoms. The number of likely N-dealkylation sites (tertiary alicyclic amines) is 1. The molecule has 3 fully saturated rings. The summed E-state index contributed by atoms with van der Waals surface area (Å²) in [4.78, 5) is 25.9. The molecule has 4 rings (SSSR count). The van der Waals surface area contributed by atoms with Gasteiger partial charge in [-0.3, -0.25) is 4.79 Å². The van der Waals surface area contributed by atoms with Crippen molar-refractivity contribution in [3.8, 4) is 0 Å². The number of nitrogens with zero attached hydrogens (tertiary/aromatic N) is 4. The van der Waals surface area contributed by atoms with Crippen molar-refractivity contribution >= 4 is 11.7 Å². The minimum absolute atomic E-state index is 0.0769. The van der Waals surface area contributed by atoms with Crippen molar-refractivity contribution in [2.75, 3.05) is 44.3 Å². The van der Waals surface area contributed by atoms with E-state index in [0.717, 1.165) is 76.6 Å². The molecule has 1 unspecified atom stereocenters. The summed E-state index contributed by atoms with van der Waals surface area (Å²) < 4.78 is 5.42. The van der Waals surface area contributed by atoms with E-state index in [1.165, 1.54) is 0 Å². The normalized spacial score (nSPS) is 26.3. The lowest BCUT2D eigenvalue weighted by molar-refractivity contribution is -0.137. The van der Waals surface area contributed by atoms with Crippen LogP contribution in [0.1, 0.15) is 44.2 Å². The third-order valence-electron chi connectivity index (χ3n) is 5.65. The van der Waals surface area contributed by atoms with E-state index in [-0.39, 0.29) is 5.41 Å². The number of amides is 1. The van der Waals surface area contributed by atoms with Crippen LogP contribution in [-0.4, -0.2) is 60.2 Å². The first-order valence-electron chi connectivity index (χ1n) is 9.10. The fraction of sp³-hybridized carbons (Fsp3) is 0.722. The number of aromatic nitrogens is 2. The van der Waals surface area contributed by atoms with Crippen molar-refractivity contribution < 1.29 is 9.53 Å². The van der Waals surface area contributed by atoms with Crippen LogP contribution in [0.25, 0.3) is 0 Å². The molecular formula is C18H26N4O2. The van der Waals surface area contributed by atoms with Crippen LogP contribution < -0.4 is 4.90 Å². The Kier molecular flexibility index (Phi) is 4.16. The highest BCUT2D eigenvalue weighted by Crippen LogP contribution is 2.47. The summed E-state index contributed by atoms with van der Waals surface area (Å²) in [7, 11) is 0. The predicted octanol–water partition coefficient (Wildman–Crippen LogP) is 1.82. The fourth-order valence-corrected chi connectivity index (χ4v) is 3.74. The van der Waals surface area contributed by atoms with Crippen molar-refractivity contribution in [3.63, 3.8) is 0 Å². The van der Waals surface area contributed by atoms with Crippen LogP contribution in [0.3, 0.4) is 0 Å². The standard InChI is InChI=1S/C18H26N4O2/c1-18(4-5-18)17(23)22-6-2-3-14(12-22)15-11-16(20-13-19-15)21-7-9-24-10-8-21/h11,13-14H,2-10,12H2,1H3. The van der Waals surface area contributed by atoms with Gasteiger partial charge in [0, 0.05) is 43.6 Å². The first kappa shape index (κ1) is 15.8. The third kappa shape index (κ3) is 3.11. The maximum Gasteiger partial charge on any atom is 0.228 e. The Bertz CT molecular complexity index is 611. The molecule has 0 aromatic carbocycles. The maximum absolute atomic E-state index is 12.6. The summed E-state index contributed by atoms with van der Waals surface area (Å²) in [6.07, 6.45) is 5.91. The molecule has 6 heteroatoms. The van der Waals surface area contributed by atoms with Gasteiger partial charge in [0.1, 0.15) is 12.1 Å². The second-order valence-electron chi connectivity index (χ2n) is 7.55. The van der Waals surface area contributed by atoms with Gasteiger partial charge in [-0.1, -0.05) is 6.92 Å². The van der Waals surface area contributed by atoms with Crippen LogP contribution in [0.4, 0.5) is 5.82 Å². The number of carbonyl (C=O) groups excluding carboxylic acids is 1.